The molecule has 3 rings (SSSR count). The topological polar surface area (TPSA) is 41.6 Å². The Hall–Kier alpha value is -0.610. The van der Waals surface area contributed by atoms with Crippen LogP contribution in [0.25, 0.3) is 0 Å². The summed E-state index contributed by atoms with van der Waals surface area (Å²) in [4.78, 5) is 14.9. The van der Waals surface area contributed by atoms with Gasteiger partial charge in [0.1, 0.15) is 0 Å². The third-order valence-corrected chi connectivity index (χ3v) is 4.67. The predicted molar refractivity (Wildman–Crippen MR) is 73.8 cm³/mol. The standard InChI is InChI=1S/C15H26N2O2/c1-11-7-13(10-19-11)15(18)17(14-4-5-14)9-12-3-2-6-16-8-12/h11-14,16H,2-10H2,1H3. The normalized spacial score (nSPS) is 35.3. The Morgan fingerprint density at radius 3 is 2.79 bits per heavy atom. The van der Waals surface area contributed by atoms with Crippen molar-refractivity contribution >= 4 is 5.91 Å². The van der Waals surface area contributed by atoms with Crippen molar-refractivity contribution in [3.8, 4) is 0 Å². The molecule has 1 N–H and O–H groups in total. The van der Waals surface area contributed by atoms with Crippen molar-refractivity contribution in [1.82, 2.24) is 10.2 Å². The van der Waals surface area contributed by atoms with Gasteiger partial charge in [0.25, 0.3) is 0 Å². The van der Waals surface area contributed by atoms with E-state index in [0.29, 0.717) is 24.5 Å². The molecule has 1 aliphatic carbocycles. The van der Waals surface area contributed by atoms with Gasteiger partial charge in [0.15, 0.2) is 0 Å². The second-order valence-corrected chi connectivity index (χ2v) is 6.51. The van der Waals surface area contributed by atoms with Crippen LogP contribution in [-0.4, -0.2) is 49.2 Å². The highest BCUT2D eigenvalue weighted by molar-refractivity contribution is 5.80. The minimum Gasteiger partial charge on any atom is -0.378 e. The maximum atomic E-state index is 12.7. The van der Waals surface area contributed by atoms with E-state index in [2.05, 4.69) is 17.1 Å². The predicted octanol–water partition coefficient (Wildman–Crippen LogP) is 1.40. The largest absolute Gasteiger partial charge is 0.378 e. The number of amides is 1. The number of hydrogen-bond donors (Lipinski definition) is 1. The van der Waals surface area contributed by atoms with E-state index in [1.165, 1.54) is 25.7 Å². The van der Waals surface area contributed by atoms with Crippen LogP contribution in [0.2, 0.25) is 0 Å². The van der Waals surface area contributed by atoms with Crippen LogP contribution in [0.15, 0.2) is 0 Å². The van der Waals surface area contributed by atoms with Crippen molar-refractivity contribution in [3.05, 3.63) is 0 Å². The van der Waals surface area contributed by atoms with Crippen molar-refractivity contribution in [2.24, 2.45) is 11.8 Å². The highest BCUT2D eigenvalue weighted by atomic mass is 16.5. The number of nitrogens with zero attached hydrogens (tertiary/aromatic N) is 1. The summed E-state index contributed by atoms with van der Waals surface area (Å²) in [5.74, 6) is 1.13. The van der Waals surface area contributed by atoms with E-state index in [1.807, 2.05) is 0 Å². The van der Waals surface area contributed by atoms with E-state index in [-0.39, 0.29) is 12.0 Å². The van der Waals surface area contributed by atoms with Crippen LogP contribution < -0.4 is 5.32 Å². The van der Waals surface area contributed by atoms with Gasteiger partial charge >= 0.3 is 0 Å². The van der Waals surface area contributed by atoms with Crippen LogP contribution in [0.3, 0.4) is 0 Å². The molecule has 0 aromatic carbocycles. The number of nitrogens with one attached hydrogen (secondary N) is 1. The Morgan fingerprint density at radius 2 is 2.21 bits per heavy atom. The molecule has 0 aromatic heterocycles. The molecule has 2 aliphatic heterocycles. The van der Waals surface area contributed by atoms with Gasteiger partial charge in [-0.05, 0) is 58.0 Å². The van der Waals surface area contributed by atoms with Crippen LogP contribution in [-0.2, 0) is 9.53 Å². The first-order valence-corrected chi connectivity index (χ1v) is 7.87. The molecule has 19 heavy (non-hydrogen) atoms. The average molecular weight is 266 g/mol. The van der Waals surface area contributed by atoms with Crippen molar-refractivity contribution in [2.75, 3.05) is 26.2 Å². The SMILES string of the molecule is CC1CC(C(=O)N(CC2CCCNC2)C2CC2)CO1. The molecule has 4 heteroatoms. The third-order valence-electron chi connectivity index (χ3n) is 4.67. The lowest BCUT2D eigenvalue weighted by atomic mass is 9.97. The molecule has 1 amide bonds. The highest BCUT2D eigenvalue weighted by Crippen LogP contribution is 2.32. The molecule has 0 bridgehead atoms. The molecule has 3 aliphatic rings. The van der Waals surface area contributed by atoms with Crippen molar-refractivity contribution in [1.29, 1.82) is 0 Å². The molecule has 3 atom stereocenters. The third kappa shape index (κ3) is 3.29. The van der Waals surface area contributed by atoms with Crippen LogP contribution in [0.5, 0.6) is 0 Å². The smallest absolute Gasteiger partial charge is 0.228 e. The van der Waals surface area contributed by atoms with E-state index in [4.69, 9.17) is 4.74 Å². The van der Waals surface area contributed by atoms with Gasteiger partial charge in [0.05, 0.1) is 18.6 Å². The van der Waals surface area contributed by atoms with E-state index in [9.17, 15) is 4.79 Å². The number of carbonyl (C=O) groups is 1. The molecular formula is C15H26N2O2. The lowest BCUT2D eigenvalue weighted by molar-refractivity contribution is -0.136. The molecule has 3 fully saturated rings. The van der Waals surface area contributed by atoms with Crippen LogP contribution in [0.1, 0.15) is 39.0 Å². The van der Waals surface area contributed by atoms with Gasteiger partial charge < -0.3 is 15.0 Å². The lowest BCUT2D eigenvalue weighted by Crippen LogP contribution is -2.44. The van der Waals surface area contributed by atoms with Crippen LogP contribution >= 0.6 is 0 Å². The number of hydrogen-bond acceptors (Lipinski definition) is 3. The molecule has 2 saturated heterocycles. The van der Waals surface area contributed by atoms with E-state index < -0.39 is 0 Å². The van der Waals surface area contributed by atoms with Crippen molar-refractivity contribution in [3.63, 3.8) is 0 Å². The maximum Gasteiger partial charge on any atom is 0.228 e. The zero-order valence-electron chi connectivity index (χ0n) is 11.9. The second-order valence-electron chi connectivity index (χ2n) is 6.51. The number of carbonyl (C=O) groups excluding carboxylic acids is 1. The minimum atomic E-state index is 0.118. The van der Waals surface area contributed by atoms with E-state index in [0.717, 1.165) is 26.1 Å². The molecule has 1 saturated carbocycles. The highest BCUT2D eigenvalue weighted by Gasteiger charge is 2.39. The first-order chi connectivity index (χ1) is 9.24. The van der Waals surface area contributed by atoms with Crippen molar-refractivity contribution in [2.45, 2.75) is 51.2 Å². The zero-order chi connectivity index (χ0) is 13.2. The quantitative estimate of drug-likeness (QED) is 0.836. The average Bonchev–Trinajstić information content (AvgIpc) is 3.18. The Labute approximate surface area is 115 Å². The number of piperidine rings is 1. The van der Waals surface area contributed by atoms with Gasteiger partial charge in [-0.25, -0.2) is 0 Å². The Morgan fingerprint density at radius 1 is 1.37 bits per heavy atom. The number of ether oxygens (including phenoxy) is 1. The Bertz CT molecular complexity index is 324. The van der Waals surface area contributed by atoms with Gasteiger partial charge in [0.2, 0.25) is 5.91 Å². The Balaban J connectivity index is 1.58. The molecule has 3 unspecified atom stereocenters. The molecule has 2 heterocycles. The van der Waals surface area contributed by atoms with Gasteiger partial charge in [-0.1, -0.05) is 0 Å². The summed E-state index contributed by atoms with van der Waals surface area (Å²) >= 11 is 0. The van der Waals surface area contributed by atoms with E-state index in [1.54, 1.807) is 0 Å². The molecule has 108 valence electrons. The summed E-state index contributed by atoms with van der Waals surface area (Å²) in [7, 11) is 0. The minimum absolute atomic E-state index is 0.118. The molecule has 0 aromatic rings. The molecule has 0 spiro atoms. The van der Waals surface area contributed by atoms with Gasteiger partial charge in [-0.15, -0.1) is 0 Å². The zero-order valence-corrected chi connectivity index (χ0v) is 11.9. The monoisotopic (exact) mass is 266 g/mol. The summed E-state index contributed by atoms with van der Waals surface area (Å²) in [6.07, 6.45) is 6.09. The van der Waals surface area contributed by atoms with Crippen molar-refractivity contribution < 1.29 is 9.53 Å². The number of rotatable bonds is 4. The first-order valence-electron chi connectivity index (χ1n) is 7.87. The molecule has 0 radical (unpaired) electrons. The summed E-state index contributed by atoms with van der Waals surface area (Å²) in [5, 5.41) is 3.45. The van der Waals surface area contributed by atoms with Gasteiger partial charge in [-0.3, -0.25) is 4.79 Å². The second kappa shape index (κ2) is 5.80. The summed E-state index contributed by atoms with van der Waals surface area (Å²) < 4.78 is 5.57. The fourth-order valence-corrected chi connectivity index (χ4v) is 3.39. The fourth-order valence-electron chi connectivity index (χ4n) is 3.39. The fraction of sp³-hybridized carbons (Fsp3) is 0.933. The first kappa shape index (κ1) is 13.4. The summed E-state index contributed by atoms with van der Waals surface area (Å²) in [6, 6.07) is 0.533. The Kier molecular flexibility index (Phi) is 4.08. The van der Waals surface area contributed by atoms with Crippen LogP contribution in [0.4, 0.5) is 0 Å². The van der Waals surface area contributed by atoms with Gasteiger partial charge in [-0.2, -0.15) is 0 Å². The summed E-state index contributed by atoms with van der Waals surface area (Å²) in [6.45, 7) is 5.88. The van der Waals surface area contributed by atoms with Crippen LogP contribution in [0, 0.1) is 11.8 Å². The molecular weight excluding hydrogens is 240 g/mol. The lowest BCUT2D eigenvalue weighted by Gasteiger charge is -2.31. The maximum absolute atomic E-state index is 12.7. The van der Waals surface area contributed by atoms with Gasteiger partial charge in [0, 0.05) is 12.6 Å². The van der Waals surface area contributed by atoms with E-state index >= 15 is 0 Å². The summed E-state index contributed by atoms with van der Waals surface area (Å²) in [5.41, 5.74) is 0. The molecule has 4 nitrogen and oxygen atoms in total.